The van der Waals surface area contributed by atoms with Gasteiger partial charge in [0, 0.05) is 24.6 Å². The van der Waals surface area contributed by atoms with E-state index in [9.17, 15) is 9.59 Å². The average molecular weight is 391 g/mol. The highest BCUT2D eigenvalue weighted by atomic mass is 32.1. The van der Waals surface area contributed by atoms with Crippen molar-refractivity contribution in [1.29, 1.82) is 0 Å². The number of thiophene rings is 2. The number of amides is 2. The molecule has 2 fully saturated rings. The number of fused-ring (bicyclic) bond motifs is 1. The first-order chi connectivity index (χ1) is 12.6. The quantitative estimate of drug-likeness (QED) is 0.873. The molecule has 0 spiro atoms. The van der Waals surface area contributed by atoms with E-state index >= 15 is 0 Å². The van der Waals surface area contributed by atoms with Crippen LogP contribution < -0.4 is 5.32 Å². The van der Waals surface area contributed by atoms with Gasteiger partial charge in [-0.2, -0.15) is 0 Å². The van der Waals surface area contributed by atoms with Crippen LogP contribution in [0.1, 0.15) is 33.0 Å². The zero-order valence-corrected chi connectivity index (χ0v) is 16.3. The Bertz CT molecular complexity index is 802. The monoisotopic (exact) mass is 390 g/mol. The number of nitrogens with one attached hydrogen (secondary N) is 1. The predicted octanol–water partition coefficient (Wildman–Crippen LogP) is 3.06. The Labute approximate surface area is 161 Å². The minimum Gasteiger partial charge on any atom is -0.377 e. The van der Waals surface area contributed by atoms with Crippen molar-refractivity contribution in [3.05, 3.63) is 44.3 Å². The molecule has 2 aliphatic heterocycles. The summed E-state index contributed by atoms with van der Waals surface area (Å²) < 4.78 is 5.86. The van der Waals surface area contributed by atoms with E-state index in [4.69, 9.17) is 4.74 Å². The SMILES string of the molecule is Cc1csc(C(=O)N2CC[C@H]3OCC[C@@]3(C(=O)NCc3cccs3)C2)c1. The lowest BCUT2D eigenvalue weighted by molar-refractivity contribution is -0.138. The number of likely N-dealkylation sites (tertiary alicyclic amines) is 1. The Morgan fingerprint density at radius 2 is 2.31 bits per heavy atom. The van der Waals surface area contributed by atoms with Crippen LogP contribution in [0.2, 0.25) is 0 Å². The van der Waals surface area contributed by atoms with Crippen molar-refractivity contribution >= 4 is 34.5 Å². The van der Waals surface area contributed by atoms with Crippen molar-refractivity contribution in [2.45, 2.75) is 32.4 Å². The molecule has 2 amide bonds. The fourth-order valence-electron chi connectivity index (χ4n) is 3.90. The van der Waals surface area contributed by atoms with Crippen LogP contribution in [0.4, 0.5) is 0 Å². The molecule has 2 aromatic heterocycles. The lowest BCUT2D eigenvalue weighted by atomic mass is 9.75. The highest BCUT2D eigenvalue weighted by Gasteiger charge is 2.54. The van der Waals surface area contributed by atoms with Gasteiger partial charge in [-0.15, -0.1) is 22.7 Å². The summed E-state index contributed by atoms with van der Waals surface area (Å²) in [7, 11) is 0. The highest BCUT2D eigenvalue weighted by molar-refractivity contribution is 7.12. The Morgan fingerprint density at radius 1 is 1.42 bits per heavy atom. The third-order valence-corrected chi connectivity index (χ3v) is 7.21. The Morgan fingerprint density at radius 3 is 3.04 bits per heavy atom. The van der Waals surface area contributed by atoms with Gasteiger partial charge in [0.1, 0.15) is 0 Å². The van der Waals surface area contributed by atoms with E-state index in [-0.39, 0.29) is 17.9 Å². The lowest BCUT2D eigenvalue weighted by Gasteiger charge is -2.42. The number of rotatable bonds is 4. The first-order valence-corrected chi connectivity index (χ1v) is 10.6. The van der Waals surface area contributed by atoms with Crippen molar-refractivity contribution in [1.82, 2.24) is 10.2 Å². The maximum Gasteiger partial charge on any atom is 0.263 e. The van der Waals surface area contributed by atoms with Gasteiger partial charge >= 0.3 is 0 Å². The van der Waals surface area contributed by atoms with Crippen molar-refractivity contribution in [2.24, 2.45) is 5.41 Å². The minimum atomic E-state index is -0.628. The number of aryl methyl sites for hydroxylation is 1. The molecule has 26 heavy (non-hydrogen) atoms. The Kier molecular flexibility index (Phi) is 4.86. The second-order valence-electron chi connectivity index (χ2n) is 7.03. The van der Waals surface area contributed by atoms with Crippen molar-refractivity contribution in [2.75, 3.05) is 19.7 Å². The lowest BCUT2D eigenvalue weighted by Crippen LogP contribution is -2.58. The van der Waals surface area contributed by atoms with Gasteiger partial charge in [-0.3, -0.25) is 9.59 Å². The maximum absolute atomic E-state index is 13.1. The van der Waals surface area contributed by atoms with Crippen LogP contribution in [0.3, 0.4) is 0 Å². The number of ether oxygens (including phenoxy) is 1. The third kappa shape index (κ3) is 3.19. The minimum absolute atomic E-state index is 0.00765. The van der Waals surface area contributed by atoms with Crippen LogP contribution in [-0.2, 0) is 16.1 Å². The summed E-state index contributed by atoms with van der Waals surface area (Å²) in [6.07, 6.45) is 1.28. The van der Waals surface area contributed by atoms with Crippen LogP contribution in [0.25, 0.3) is 0 Å². The average Bonchev–Trinajstić information content (AvgIpc) is 3.39. The van der Waals surface area contributed by atoms with Gasteiger partial charge in [-0.1, -0.05) is 6.07 Å². The highest BCUT2D eigenvalue weighted by Crippen LogP contribution is 2.41. The molecular formula is C19H22N2O3S2. The van der Waals surface area contributed by atoms with Crippen molar-refractivity contribution < 1.29 is 14.3 Å². The first-order valence-electron chi connectivity index (χ1n) is 8.85. The molecule has 7 heteroatoms. The smallest absolute Gasteiger partial charge is 0.263 e. The third-order valence-electron chi connectivity index (χ3n) is 5.30. The number of carbonyl (C=O) groups excluding carboxylic acids is 2. The summed E-state index contributed by atoms with van der Waals surface area (Å²) in [6.45, 7) is 4.17. The van der Waals surface area contributed by atoms with E-state index in [1.807, 2.05) is 40.8 Å². The maximum atomic E-state index is 13.1. The molecule has 2 atom stereocenters. The molecule has 4 rings (SSSR count). The summed E-state index contributed by atoms with van der Waals surface area (Å²) in [6, 6.07) is 5.92. The zero-order valence-electron chi connectivity index (χ0n) is 14.7. The van der Waals surface area contributed by atoms with Gasteiger partial charge in [0.2, 0.25) is 5.91 Å². The van der Waals surface area contributed by atoms with Gasteiger partial charge < -0.3 is 15.0 Å². The molecule has 1 N–H and O–H groups in total. The normalized spacial score (nSPS) is 25.1. The molecule has 2 saturated heterocycles. The standard InChI is InChI=1S/C19H22N2O3S2/c1-13-9-15(26-11-13)17(22)21-6-4-16-19(12-21,5-7-24-16)18(23)20-10-14-3-2-8-25-14/h2-3,8-9,11,16H,4-7,10,12H2,1H3,(H,20,23)/t16-,19-/m1/s1. The van der Waals surface area contributed by atoms with Gasteiger partial charge in [0.05, 0.1) is 22.9 Å². The molecular weight excluding hydrogens is 368 g/mol. The molecule has 4 heterocycles. The van der Waals surface area contributed by atoms with Gasteiger partial charge in [0.15, 0.2) is 0 Å². The van der Waals surface area contributed by atoms with E-state index in [0.717, 1.165) is 15.3 Å². The summed E-state index contributed by atoms with van der Waals surface area (Å²) in [5.74, 6) is 0.0344. The molecule has 0 saturated carbocycles. The Balaban J connectivity index is 1.50. The number of nitrogens with zero attached hydrogens (tertiary/aromatic N) is 1. The van der Waals surface area contributed by atoms with Gasteiger partial charge in [-0.05, 0) is 48.2 Å². The summed E-state index contributed by atoms with van der Waals surface area (Å²) in [5, 5.41) is 7.07. The zero-order chi connectivity index (χ0) is 18.1. The van der Waals surface area contributed by atoms with E-state index in [0.29, 0.717) is 39.1 Å². The van der Waals surface area contributed by atoms with Crippen LogP contribution >= 0.6 is 22.7 Å². The van der Waals surface area contributed by atoms with E-state index in [1.165, 1.54) is 11.3 Å². The van der Waals surface area contributed by atoms with Gasteiger partial charge in [-0.25, -0.2) is 0 Å². The number of hydrogen-bond donors (Lipinski definition) is 1. The molecule has 2 aliphatic rings. The summed E-state index contributed by atoms with van der Waals surface area (Å²) >= 11 is 3.10. The van der Waals surface area contributed by atoms with Crippen LogP contribution in [0, 0.1) is 12.3 Å². The molecule has 0 unspecified atom stereocenters. The van der Waals surface area contributed by atoms with E-state index in [1.54, 1.807) is 11.3 Å². The summed E-state index contributed by atoms with van der Waals surface area (Å²) in [5.41, 5.74) is 0.470. The van der Waals surface area contributed by atoms with Crippen molar-refractivity contribution in [3.63, 3.8) is 0 Å². The summed E-state index contributed by atoms with van der Waals surface area (Å²) in [4.78, 5) is 29.7. The molecule has 138 valence electrons. The fourth-order valence-corrected chi connectivity index (χ4v) is 5.41. The topological polar surface area (TPSA) is 58.6 Å². The largest absolute Gasteiger partial charge is 0.377 e. The number of hydrogen-bond acceptors (Lipinski definition) is 5. The predicted molar refractivity (Wildman–Crippen MR) is 103 cm³/mol. The second kappa shape index (κ2) is 7.13. The van der Waals surface area contributed by atoms with Crippen LogP contribution in [0.5, 0.6) is 0 Å². The number of piperidine rings is 1. The Hall–Kier alpha value is -1.70. The molecule has 0 aliphatic carbocycles. The molecule has 5 nitrogen and oxygen atoms in total. The van der Waals surface area contributed by atoms with Crippen molar-refractivity contribution in [3.8, 4) is 0 Å². The fraction of sp³-hybridized carbons (Fsp3) is 0.474. The first kappa shape index (κ1) is 17.7. The molecule has 0 bridgehead atoms. The number of carbonyl (C=O) groups is 2. The van der Waals surface area contributed by atoms with E-state index < -0.39 is 5.41 Å². The second-order valence-corrected chi connectivity index (χ2v) is 8.97. The molecule has 2 aromatic rings. The molecule has 0 radical (unpaired) electrons. The van der Waals surface area contributed by atoms with Crippen LogP contribution in [-0.4, -0.2) is 42.5 Å². The molecule has 0 aromatic carbocycles. The van der Waals surface area contributed by atoms with Crippen LogP contribution in [0.15, 0.2) is 29.0 Å². The van der Waals surface area contributed by atoms with Gasteiger partial charge in [0.25, 0.3) is 5.91 Å². The van der Waals surface area contributed by atoms with E-state index in [2.05, 4.69) is 5.32 Å².